The van der Waals surface area contributed by atoms with Crippen LogP contribution < -0.4 is 0 Å². The molecule has 1 atom stereocenters. The third-order valence-corrected chi connectivity index (χ3v) is 4.06. The molecule has 0 bridgehead atoms. The zero-order valence-corrected chi connectivity index (χ0v) is 15.3. The van der Waals surface area contributed by atoms with E-state index >= 15 is 0 Å². The second-order valence-electron chi connectivity index (χ2n) is 7.39. The summed E-state index contributed by atoms with van der Waals surface area (Å²) in [6.45, 7) is 9.72. The standard InChI is InChI=1S/C18H25FN2O4/c1-11-8-13(14(19)9-15(11)22)16(23)20-6-7-21(12(2)10-20)17(24)25-18(3,4)5/h8-9,12,22H,6-7,10H2,1-5H3/t12-/m0/s1. The molecule has 6 nitrogen and oxygen atoms in total. The molecular weight excluding hydrogens is 327 g/mol. The zero-order valence-electron chi connectivity index (χ0n) is 15.3. The Morgan fingerprint density at radius 3 is 2.48 bits per heavy atom. The minimum atomic E-state index is -0.754. The molecule has 1 aliphatic heterocycles. The van der Waals surface area contributed by atoms with Gasteiger partial charge >= 0.3 is 6.09 Å². The molecule has 1 aromatic carbocycles. The van der Waals surface area contributed by atoms with Crippen molar-refractivity contribution in [1.29, 1.82) is 0 Å². The van der Waals surface area contributed by atoms with Gasteiger partial charge in [-0.05, 0) is 46.2 Å². The Morgan fingerprint density at radius 1 is 1.28 bits per heavy atom. The number of phenolic OH excluding ortho intramolecular Hbond substituents is 1. The largest absolute Gasteiger partial charge is 0.508 e. The quantitative estimate of drug-likeness (QED) is 0.844. The van der Waals surface area contributed by atoms with Gasteiger partial charge in [0.1, 0.15) is 17.2 Å². The van der Waals surface area contributed by atoms with Crippen LogP contribution in [0.15, 0.2) is 12.1 Å². The van der Waals surface area contributed by atoms with Gasteiger partial charge in [-0.15, -0.1) is 0 Å². The van der Waals surface area contributed by atoms with Crippen LogP contribution in [-0.4, -0.2) is 58.2 Å². The number of hydrogen-bond acceptors (Lipinski definition) is 4. The normalized spacial score (nSPS) is 18.2. The van der Waals surface area contributed by atoms with E-state index in [4.69, 9.17) is 4.74 Å². The fourth-order valence-corrected chi connectivity index (χ4v) is 2.74. The molecule has 0 aliphatic carbocycles. The zero-order chi connectivity index (χ0) is 18.9. The van der Waals surface area contributed by atoms with Gasteiger partial charge in [0.15, 0.2) is 0 Å². The third-order valence-electron chi connectivity index (χ3n) is 4.06. The third kappa shape index (κ3) is 4.41. The van der Waals surface area contributed by atoms with E-state index < -0.39 is 23.4 Å². The van der Waals surface area contributed by atoms with Crippen molar-refractivity contribution in [2.75, 3.05) is 19.6 Å². The number of rotatable bonds is 1. The molecule has 1 heterocycles. The number of aromatic hydroxyl groups is 1. The van der Waals surface area contributed by atoms with Gasteiger partial charge < -0.3 is 19.6 Å². The minimum Gasteiger partial charge on any atom is -0.508 e. The summed E-state index contributed by atoms with van der Waals surface area (Å²) >= 11 is 0. The number of carbonyl (C=O) groups excluding carboxylic acids is 2. The summed E-state index contributed by atoms with van der Waals surface area (Å²) in [5.74, 6) is -1.39. The van der Waals surface area contributed by atoms with Gasteiger partial charge in [-0.3, -0.25) is 4.79 Å². The molecule has 2 rings (SSSR count). The first kappa shape index (κ1) is 19.0. The summed E-state index contributed by atoms with van der Waals surface area (Å²) in [5, 5.41) is 9.52. The predicted octanol–water partition coefficient (Wildman–Crippen LogP) is 2.92. The molecule has 1 saturated heterocycles. The van der Waals surface area contributed by atoms with E-state index in [9.17, 15) is 19.1 Å². The summed E-state index contributed by atoms with van der Waals surface area (Å²) < 4.78 is 19.4. The lowest BCUT2D eigenvalue weighted by atomic mass is 10.1. The van der Waals surface area contributed by atoms with Crippen LogP contribution in [0.2, 0.25) is 0 Å². The van der Waals surface area contributed by atoms with E-state index in [0.29, 0.717) is 18.7 Å². The predicted molar refractivity (Wildman–Crippen MR) is 91.1 cm³/mol. The van der Waals surface area contributed by atoms with Gasteiger partial charge in [-0.2, -0.15) is 0 Å². The first-order valence-electron chi connectivity index (χ1n) is 8.27. The molecule has 25 heavy (non-hydrogen) atoms. The Bertz CT molecular complexity index is 684. The van der Waals surface area contributed by atoms with Crippen LogP contribution in [-0.2, 0) is 4.74 Å². The van der Waals surface area contributed by atoms with Crippen LogP contribution in [0.5, 0.6) is 5.75 Å². The van der Waals surface area contributed by atoms with E-state index in [2.05, 4.69) is 0 Å². The second-order valence-corrected chi connectivity index (χ2v) is 7.39. The molecule has 1 fully saturated rings. The summed E-state index contributed by atoms with van der Waals surface area (Å²) in [7, 11) is 0. The maximum atomic E-state index is 14.0. The van der Waals surface area contributed by atoms with Crippen LogP contribution in [0, 0.1) is 12.7 Å². The first-order valence-corrected chi connectivity index (χ1v) is 8.27. The van der Waals surface area contributed by atoms with Crippen molar-refractivity contribution in [2.45, 2.75) is 46.3 Å². The van der Waals surface area contributed by atoms with E-state index in [1.807, 2.05) is 6.92 Å². The summed E-state index contributed by atoms with van der Waals surface area (Å²) in [6.07, 6.45) is -0.418. The second kappa shape index (κ2) is 6.90. The van der Waals surface area contributed by atoms with Crippen LogP contribution >= 0.6 is 0 Å². The lowest BCUT2D eigenvalue weighted by Crippen LogP contribution is -2.56. The van der Waals surface area contributed by atoms with Gasteiger partial charge in [-0.1, -0.05) is 0 Å². The Kier molecular flexibility index (Phi) is 5.25. The fraction of sp³-hybridized carbons (Fsp3) is 0.556. The molecule has 0 saturated carbocycles. The van der Waals surface area contributed by atoms with E-state index in [0.717, 1.165) is 6.07 Å². The number of aryl methyl sites for hydroxylation is 1. The molecule has 0 unspecified atom stereocenters. The minimum absolute atomic E-state index is 0.0757. The van der Waals surface area contributed by atoms with Gasteiger partial charge in [0.25, 0.3) is 5.91 Å². The molecule has 2 amide bonds. The first-order chi connectivity index (χ1) is 11.5. The van der Waals surface area contributed by atoms with Crippen molar-refractivity contribution in [3.8, 4) is 5.75 Å². The number of halogens is 1. The molecule has 1 N–H and O–H groups in total. The van der Waals surface area contributed by atoms with Crippen LogP contribution in [0.4, 0.5) is 9.18 Å². The maximum absolute atomic E-state index is 14.0. The van der Waals surface area contributed by atoms with Crippen molar-refractivity contribution in [3.63, 3.8) is 0 Å². The Balaban J connectivity index is 2.09. The SMILES string of the molecule is Cc1cc(C(=O)N2CCN(C(=O)OC(C)(C)C)[C@@H](C)C2)c(F)cc1O. The van der Waals surface area contributed by atoms with Crippen molar-refractivity contribution in [3.05, 3.63) is 29.1 Å². The summed E-state index contributed by atoms with van der Waals surface area (Å²) in [6, 6.07) is 2.05. The molecule has 0 spiro atoms. The molecule has 0 radical (unpaired) electrons. The lowest BCUT2D eigenvalue weighted by molar-refractivity contribution is 0.00190. The highest BCUT2D eigenvalue weighted by atomic mass is 19.1. The number of carbonyl (C=O) groups is 2. The molecule has 1 aliphatic rings. The molecule has 0 aromatic heterocycles. The number of piperazine rings is 1. The summed E-state index contributed by atoms with van der Waals surface area (Å²) in [4.78, 5) is 27.9. The van der Waals surface area contributed by atoms with Crippen LogP contribution in [0.1, 0.15) is 43.6 Å². The van der Waals surface area contributed by atoms with E-state index in [1.54, 1.807) is 32.6 Å². The highest BCUT2D eigenvalue weighted by molar-refractivity contribution is 5.95. The lowest BCUT2D eigenvalue weighted by Gasteiger charge is -2.40. The van der Waals surface area contributed by atoms with Crippen LogP contribution in [0.3, 0.4) is 0 Å². The Hall–Kier alpha value is -2.31. The average Bonchev–Trinajstić information content (AvgIpc) is 2.48. The van der Waals surface area contributed by atoms with Gasteiger partial charge in [-0.25, -0.2) is 9.18 Å². The monoisotopic (exact) mass is 352 g/mol. The van der Waals surface area contributed by atoms with Crippen LogP contribution in [0.25, 0.3) is 0 Å². The maximum Gasteiger partial charge on any atom is 0.410 e. The Morgan fingerprint density at radius 2 is 1.92 bits per heavy atom. The van der Waals surface area contributed by atoms with E-state index in [1.165, 1.54) is 11.0 Å². The average molecular weight is 352 g/mol. The number of phenols is 1. The Labute approximate surface area is 147 Å². The molecular formula is C18H25FN2O4. The van der Waals surface area contributed by atoms with Crippen molar-refractivity contribution in [1.82, 2.24) is 9.80 Å². The fourth-order valence-electron chi connectivity index (χ4n) is 2.74. The molecule has 138 valence electrons. The summed E-state index contributed by atoms with van der Waals surface area (Å²) in [5.41, 5.74) is -0.227. The number of ether oxygens (including phenoxy) is 1. The van der Waals surface area contributed by atoms with Gasteiger partial charge in [0.2, 0.25) is 0 Å². The topological polar surface area (TPSA) is 70.1 Å². The van der Waals surface area contributed by atoms with Gasteiger partial charge in [0, 0.05) is 31.7 Å². The highest BCUT2D eigenvalue weighted by Gasteiger charge is 2.33. The number of nitrogens with zero attached hydrogens (tertiary/aromatic N) is 2. The number of hydrogen-bond donors (Lipinski definition) is 1. The van der Waals surface area contributed by atoms with Crippen molar-refractivity contribution >= 4 is 12.0 Å². The smallest absolute Gasteiger partial charge is 0.410 e. The highest BCUT2D eigenvalue weighted by Crippen LogP contribution is 2.23. The molecule has 1 aromatic rings. The van der Waals surface area contributed by atoms with Crippen molar-refractivity contribution < 1.29 is 23.8 Å². The van der Waals surface area contributed by atoms with Crippen molar-refractivity contribution in [2.24, 2.45) is 0 Å². The number of benzene rings is 1. The van der Waals surface area contributed by atoms with Gasteiger partial charge in [0.05, 0.1) is 5.56 Å². The number of amides is 2. The molecule has 7 heteroatoms. The van der Waals surface area contributed by atoms with E-state index in [-0.39, 0.29) is 23.9 Å².